The van der Waals surface area contributed by atoms with Crippen LogP contribution in [0, 0.1) is 0 Å². The van der Waals surface area contributed by atoms with Gasteiger partial charge in [0.2, 0.25) is 0 Å². The molecule has 4 rings (SSSR count). The van der Waals surface area contributed by atoms with E-state index in [1.54, 1.807) is 37.5 Å². The number of benzene rings is 2. The molecule has 0 bridgehead atoms. The number of carbonyl (C=O) groups is 1. The summed E-state index contributed by atoms with van der Waals surface area (Å²) >= 11 is 2.98. The number of hydrogen-bond donors (Lipinski definition) is 0. The van der Waals surface area contributed by atoms with Crippen molar-refractivity contribution in [1.29, 1.82) is 0 Å². The van der Waals surface area contributed by atoms with Gasteiger partial charge in [-0.3, -0.25) is 9.69 Å². The molecule has 5 nitrogen and oxygen atoms in total. The third kappa shape index (κ3) is 4.27. The Bertz CT molecular complexity index is 1130. The molecule has 1 aliphatic rings. The van der Waals surface area contributed by atoms with Crippen molar-refractivity contribution in [2.75, 3.05) is 21.3 Å². The minimum absolute atomic E-state index is 0.0522. The van der Waals surface area contributed by atoms with Crippen LogP contribution in [-0.2, 0) is 4.79 Å². The van der Waals surface area contributed by atoms with Gasteiger partial charge >= 0.3 is 0 Å². The van der Waals surface area contributed by atoms with Crippen LogP contribution in [0.1, 0.15) is 4.88 Å². The van der Waals surface area contributed by atoms with Gasteiger partial charge in [0.05, 0.1) is 24.8 Å². The average Bonchev–Trinajstić information content (AvgIpc) is 3.35. The maximum Gasteiger partial charge on any atom is 0.266 e. The molecule has 3 aromatic rings. The van der Waals surface area contributed by atoms with E-state index in [2.05, 4.69) is 16.4 Å². The number of thiophene rings is 1. The highest BCUT2D eigenvalue weighted by atomic mass is 32.2. The molecular weight excluding hydrogens is 416 g/mol. The van der Waals surface area contributed by atoms with Gasteiger partial charge in [0.1, 0.15) is 11.5 Å². The van der Waals surface area contributed by atoms with Crippen molar-refractivity contribution in [3.8, 4) is 22.6 Å². The summed E-state index contributed by atoms with van der Waals surface area (Å²) in [7, 11) is 5.03. The van der Waals surface area contributed by atoms with Crippen LogP contribution in [0.15, 0.2) is 69.9 Å². The number of ether oxygens (including phenoxy) is 2. The van der Waals surface area contributed by atoms with Crippen molar-refractivity contribution in [2.24, 2.45) is 4.99 Å². The average molecular weight is 437 g/mol. The lowest BCUT2D eigenvalue weighted by molar-refractivity contribution is -0.121. The highest BCUT2D eigenvalue weighted by Crippen LogP contribution is 2.36. The summed E-state index contributed by atoms with van der Waals surface area (Å²) in [5, 5.41) is 2.74. The normalized spacial score (nSPS) is 16.5. The molecule has 2 heterocycles. The Balaban J connectivity index is 1.56. The number of carbonyl (C=O) groups excluding carboxylic acids is 1. The molecule has 0 radical (unpaired) electrons. The van der Waals surface area contributed by atoms with Crippen molar-refractivity contribution in [2.45, 2.75) is 0 Å². The third-order valence-corrected chi connectivity index (χ3v) is 6.54. The number of rotatable bonds is 5. The molecule has 1 aromatic heterocycles. The van der Waals surface area contributed by atoms with Gasteiger partial charge in [-0.2, -0.15) is 0 Å². The first kappa shape index (κ1) is 20.3. The number of aliphatic imine (C=N–C) groups is 1. The van der Waals surface area contributed by atoms with Gasteiger partial charge in [-0.25, -0.2) is 4.99 Å². The summed E-state index contributed by atoms with van der Waals surface area (Å²) in [6.45, 7) is 0. The quantitative estimate of drug-likeness (QED) is 0.484. The molecule has 0 saturated carbocycles. The molecule has 1 saturated heterocycles. The molecule has 0 aliphatic carbocycles. The van der Waals surface area contributed by atoms with Gasteiger partial charge in [0.25, 0.3) is 5.91 Å². The van der Waals surface area contributed by atoms with E-state index in [1.165, 1.54) is 11.8 Å². The number of hydrogen-bond acceptors (Lipinski definition) is 6. The van der Waals surface area contributed by atoms with Crippen molar-refractivity contribution < 1.29 is 14.3 Å². The number of amides is 1. The maximum absolute atomic E-state index is 12.7. The zero-order chi connectivity index (χ0) is 21.1. The van der Waals surface area contributed by atoms with Gasteiger partial charge in [-0.05, 0) is 76.8 Å². The monoisotopic (exact) mass is 436 g/mol. The molecular formula is C23H20N2O3S2. The van der Waals surface area contributed by atoms with Crippen LogP contribution in [0.5, 0.6) is 11.5 Å². The van der Waals surface area contributed by atoms with Crippen molar-refractivity contribution in [3.05, 3.63) is 69.8 Å². The van der Waals surface area contributed by atoms with Gasteiger partial charge in [-0.1, -0.05) is 12.1 Å². The SMILES string of the molecule is COc1ccc(N=C2SC(=Cc3cc(-c4cccc(OC)c4)cs3)C(=O)N2C)cc1. The molecule has 1 fully saturated rings. The van der Waals surface area contributed by atoms with Crippen molar-refractivity contribution >= 4 is 45.9 Å². The Morgan fingerprint density at radius 3 is 2.47 bits per heavy atom. The summed E-state index contributed by atoms with van der Waals surface area (Å²) in [6, 6.07) is 17.5. The van der Waals surface area contributed by atoms with E-state index < -0.39 is 0 Å². The largest absolute Gasteiger partial charge is 0.497 e. The zero-order valence-corrected chi connectivity index (χ0v) is 18.4. The van der Waals surface area contributed by atoms with Crippen LogP contribution in [0.2, 0.25) is 0 Å². The summed E-state index contributed by atoms with van der Waals surface area (Å²) in [6.07, 6.45) is 1.92. The summed E-state index contributed by atoms with van der Waals surface area (Å²) in [5.41, 5.74) is 2.96. The summed E-state index contributed by atoms with van der Waals surface area (Å²) < 4.78 is 10.5. The summed E-state index contributed by atoms with van der Waals surface area (Å²) in [5.74, 6) is 1.54. The lowest BCUT2D eigenvalue weighted by Crippen LogP contribution is -2.23. The lowest BCUT2D eigenvalue weighted by atomic mass is 10.1. The zero-order valence-electron chi connectivity index (χ0n) is 16.8. The third-order valence-electron chi connectivity index (χ3n) is 4.60. The van der Waals surface area contributed by atoms with Crippen LogP contribution >= 0.6 is 23.1 Å². The molecule has 30 heavy (non-hydrogen) atoms. The molecule has 0 N–H and O–H groups in total. The molecule has 0 atom stereocenters. The lowest BCUT2D eigenvalue weighted by Gasteiger charge is -2.07. The van der Waals surface area contributed by atoms with Crippen LogP contribution in [0.25, 0.3) is 17.2 Å². The first-order valence-electron chi connectivity index (χ1n) is 9.20. The smallest absolute Gasteiger partial charge is 0.266 e. The Labute approximate surface area is 183 Å². The molecule has 152 valence electrons. The topological polar surface area (TPSA) is 51.1 Å². The van der Waals surface area contributed by atoms with Gasteiger partial charge in [0.15, 0.2) is 5.17 Å². The van der Waals surface area contributed by atoms with E-state index in [0.29, 0.717) is 10.1 Å². The number of amidine groups is 1. The number of likely N-dealkylation sites (N-methyl/N-ethyl adjacent to an activating group) is 1. The van der Waals surface area contributed by atoms with Gasteiger partial charge in [0, 0.05) is 11.9 Å². The fraction of sp³-hybridized carbons (Fsp3) is 0.130. The molecule has 2 aromatic carbocycles. The Hall–Kier alpha value is -3.03. The summed E-state index contributed by atoms with van der Waals surface area (Å²) in [4.78, 5) is 20.6. The first-order valence-corrected chi connectivity index (χ1v) is 10.9. The predicted molar refractivity (Wildman–Crippen MR) is 125 cm³/mol. The van der Waals surface area contributed by atoms with Crippen LogP contribution in [0.3, 0.4) is 0 Å². The van der Waals surface area contributed by atoms with Gasteiger partial charge in [-0.15, -0.1) is 11.3 Å². The fourth-order valence-electron chi connectivity index (χ4n) is 2.93. The van der Waals surface area contributed by atoms with E-state index >= 15 is 0 Å². The molecule has 1 aliphatic heterocycles. The van der Waals surface area contributed by atoms with E-state index in [4.69, 9.17) is 9.47 Å². The second kappa shape index (κ2) is 8.77. The molecule has 0 spiro atoms. The molecule has 7 heteroatoms. The molecule has 0 unspecified atom stereocenters. The fourth-order valence-corrected chi connectivity index (χ4v) is 4.83. The Morgan fingerprint density at radius 2 is 1.73 bits per heavy atom. The van der Waals surface area contributed by atoms with Crippen LogP contribution in [0.4, 0.5) is 5.69 Å². The minimum atomic E-state index is -0.0522. The second-order valence-corrected chi connectivity index (χ2v) is 8.49. The van der Waals surface area contributed by atoms with Crippen molar-refractivity contribution in [3.63, 3.8) is 0 Å². The first-order chi connectivity index (χ1) is 14.6. The van der Waals surface area contributed by atoms with E-state index in [9.17, 15) is 4.79 Å². The highest BCUT2D eigenvalue weighted by Gasteiger charge is 2.30. The minimum Gasteiger partial charge on any atom is -0.497 e. The van der Waals surface area contributed by atoms with Gasteiger partial charge < -0.3 is 9.47 Å². The highest BCUT2D eigenvalue weighted by molar-refractivity contribution is 8.18. The number of methoxy groups -OCH3 is 2. The Morgan fingerprint density at radius 1 is 0.967 bits per heavy atom. The van der Waals surface area contributed by atoms with E-state index in [-0.39, 0.29) is 5.91 Å². The number of nitrogens with zero attached hydrogens (tertiary/aromatic N) is 2. The number of thioether (sulfide) groups is 1. The Kier molecular flexibility index (Phi) is 5.92. The predicted octanol–water partition coefficient (Wildman–Crippen LogP) is 5.67. The van der Waals surface area contributed by atoms with E-state index in [1.807, 2.05) is 54.6 Å². The molecule has 1 amide bonds. The standard InChI is InChI=1S/C23H20N2O3S2/c1-25-22(26)21(30-23(25)24-17-7-9-18(27-2)10-8-17)13-20-12-16(14-29-20)15-5-4-6-19(11-15)28-3/h4-14H,1-3H3. The van der Waals surface area contributed by atoms with Crippen LogP contribution in [-0.4, -0.2) is 37.2 Å². The van der Waals surface area contributed by atoms with E-state index in [0.717, 1.165) is 33.2 Å². The van der Waals surface area contributed by atoms with Crippen LogP contribution < -0.4 is 9.47 Å². The van der Waals surface area contributed by atoms with Crippen molar-refractivity contribution in [1.82, 2.24) is 4.90 Å². The maximum atomic E-state index is 12.7. The second-order valence-electron chi connectivity index (χ2n) is 6.54.